The minimum Gasteiger partial charge on any atom is -0.492 e. The van der Waals surface area contributed by atoms with Crippen LogP contribution in [0.3, 0.4) is 0 Å². The van der Waals surface area contributed by atoms with Gasteiger partial charge in [-0.25, -0.2) is 8.42 Å². The van der Waals surface area contributed by atoms with Gasteiger partial charge in [0.1, 0.15) is 12.4 Å². The van der Waals surface area contributed by atoms with Crippen LogP contribution in [0.15, 0.2) is 30.3 Å². The average molecular weight is 255 g/mol. The van der Waals surface area contributed by atoms with Gasteiger partial charge in [0.15, 0.2) is 9.84 Å². The van der Waals surface area contributed by atoms with Gasteiger partial charge < -0.3 is 10.5 Å². The van der Waals surface area contributed by atoms with E-state index in [2.05, 4.69) is 0 Å². The van der Waals surface area contributed by atoms with E-state index in [4.69, 9.17) is 10.5 Å². The van der Waals surface area contributed by atoms with Crippen LogP contribution in [0.5, 0.6) is 5.75 Å². The summed E-state index contributed by atoms with van der Waals surface area (Å²) >= 11 is 0. The molecule has 1 aliphatic rings. The predicted octanol–water partition coefficient (Wildman–Crippen LogP) is 0.827. The lowest BCUT2D eigenvalue weighted by molar-refractivity contribution is 0.255. The molecule has 0 saturated carbocycles. The van der Waals surface area contributed by atoms with Gasteiger partial charge in [0.2, 0.25) is 0 Å². The van der Waals surface area contributed by atoms with E-state index < -0.39 is 9.84 Å². The number of nitrogens with two attached hydrogens (primary N) is 1. The van der Waals surface area contributed by atoms with E-state index in [0.717, 1.165) is 5.75 Å². The molecule has 2 N–H and O–H groups in total. The Morgan fingerprint density at radius 3 is 2.65 bits per heavy atom. The molecule has 0 amide bonds. The molecule has 2 rings (SSSR count). The highest BCUT2D eigenvalue weighted by Crippen LogP contribution is 2.21. The molecule has 94 valence electrons. The molecule has 0 spiro atoms. The van der Waals surface area contributed by atoms with Crippen LogP contribution < -0.4 is 10.5 Å². The van der Waals surface area contributed by atoms with Gasteiger partial charge in [-0.15, -0.1) is 0 Å². The SMILES string of the molecule is NC(COc1ccccc1)C1CCS(=O)(=O)C1. The Bertz CT molecular complexity index is 458. The van der Waals surface area contributed by atoms with Gasteiger partial charge in [-0.05, 0) is 24.5 Å². The summed E-state index contributed by atoms with van der Waals surface area (Å²) in [6, 6.07) is 9.20. The van der Waals surface area contributed by atoms with Gasteiger partial charge >= 0.3 is 0 Å². The van der Waals surface area contributed by atoms with Crippen molar-refractivity contribution < 1.29 is 13.2 Å². The Labute approximate surface area is 102 Å². The number of ether oxygens (including phenoxy) is 1. The van der Waals surface area contributed by atoms with E-state index >= 15 is 0 Å². The summed E-state index contributed by atoms with van der Waals surface area (Å²) in [4.78, 5) is 0. The second-order valence-corrected chi connectivity index (χ2v) is 6.68. The van der Waals surface area contributed by atoms with Crippen LogP contribution in [0.4, 0.5) is 0 Å². The second-order valence-electron chi connectivity index (χ2n) is 4.45. The van der Waals surface area contributed by atoms with Crippen molar-refractivity contribution in [2.24, 2.45) is 11.7 Å². The van der Waals surface area contributed by atoms with E-state index in [9.17, 15) is 8.42 Å². The molecule has 5 heteroatoms. The Morgan fingerprint density at radius 2 is 2.06 bits per heavy atom. The van der Waals surface area contributed by atoms with Gasteiger partial charge in [0, 0.05) is 6.04 Å². The van der Waals surface area contributed by atoms with Crippen molar-refractivity contribution in [1.82, 2.24) is 0 Å². The summed E-state index contributed by atoms with van der Waals surface area (Å²) in [6.07, 6.45) is 0.654. The fourth-order valence-corrected chi connectivity index (χ4v) is 3.90. The first-order valence-electron chi connectivity index (χ1n) is 5.71. The first-order chi connectivity index (χ1) is 8.07. The topological polar surface area (TPSA) is 69.4 Å². The molecule has 0 aliphatic carbocycles. The molecule has 0 bridgehead atoms. The number of rotatable bonds is 4. The smallest absolute Gasteiger partial charge is 0.150 e. The Balaban J connectivity index is 1.84. The van der Waals surface area contributed by atoms with Crippen LogP contribution in [0, 0.1) is 5.92 Å². The minimum atomic E-state index is -2.86. The molecule has 1 heterocycles. The van der Waals surface area contributed by atoms with E-state index in [1.165, 1.54) is 0 Å². The molecule has 17 heavy (non-hydrogen) atoms. The van der Waals surface area contributed by atoms with Gasteiger partial charge in [0.25, 0.3) is 0 Å². The summed E-state index contributed by atoms with van der Waals surface area (Å²) in [7, 11) is -2.86. The molecule has 4 nitrogen and oxygen atoms in total. The van der Waals surface area contributed by atoms with Crippen LogP contribution in [0.1, 0.15) is 6.42 Å². The van der Waals surface area contributed by atoms with Crippen LogP contribution >= 0.6 is 0 Å². The van der Waals surface area contributed by atoms with Crippen LogP contribution in [0.25, 0.3) is 0 Å². The lowest BCUT2D eigenvalue weighted by Crippen LogP contribution is -2.36. The fraction of sp³-hybridized carbons (Fsp3) is 0.500. The number of hydrogen-bond acceptors (Lipinski definition) is 4. The maximum Gasteiger partial charge on any atom is 0.150 e. The highest BCUT2D eigenvalue weighted by Gasteiger charge is 2.32. The zero-order valence-corrected chi connectivity index (χ0v) is 10.4. The van der Waals surface area contributed by atoms with Gasteiger partial charge in [0.05, 0.1) is 11.5 Å². The lowest BCUT2D eigenvalue weighted by Gasteiger charge is -2.18. The fourth-order valence-electron chi connectivity index (χ4n) is 2.01. The van der Waals surface area contributed by atoms with Crippen molar-refractivity contribution in [1.29, 1.82) is 0 Å². The number of benzene rings is 1. The maximum atomic E-state index is 11.3. The number of sulfone groups is 1. The molecule has 2 unspecified atom stereocenters. The van der Waals surface area contributed by atoms with Gasteiger partial charge in [-0.2, -0.15) is 0 Å². The summed E-state index contributed by atoms with van der Waals surface area (Å²) in [6.45, 7) is 0.365. The first-order valence-corrected chi connectivity index (χ1v) is 7.53. The predicted molar refractivity (Wildman–Crippen MR) is 66.7 cm³/mol. The third kappa shape index (κ3) is 3.44. The van der Waals surface area contributed by atoms with Crippen LogP contribution in [-0.4, -0.2) is 32.6 Å². The van der Waals surface area contributed by atoms with E-state index in [0.29, 0.717) is 13.0 Å². The zero-order chi connectivity index (χ0) is 12.3. The molecule has 1 fully saturated rings. The largest absolute Gasteiger partial charge is 0.492 e. The lowest BCUT2D eigenvalue weighted by atomic mass is 10.0. The second kappa shape index (κ2) is 5.06. The average Bonchev–Trinajstić information content (AvgIpc) is 2.68. The third-order valence-electron chi connectivity index (χ3n) is 3.06. The third-order valence-corrected chi connectivity index (χ3v) is 4.85. The van der Waals surface area contributed by atoms with Crippen molar-refractivity contribution in [2.75, 3.05) is 18.1 Å². The minimum absolute atomic E-state index is 0.0312. The van der Waals surface area contributed by atoms with Crippen molar-refractivity contribution in [3.63, 3.8) is 0 Å². The Hall–Kier alpha value is -1.07. The van der Waals surface area contributed by atoms with Gasteiger partial charge in [-0.3, -0.25) is 0 Å². The Morgan fingerprint density at radius 1 is 1.35 bits per heavy atom. The van der Waals surface area contributed by atoms with Crippen molar-refractivity contribution in [2.45, 2.75) is 12.5 Å². The highest BCUT2D eigenvalue weighted by atomic mass is 32.2. The van der Waals surface area contributed by atoms with Crippen molar-refractivity contribution in [3.8, 4) is 5.75 Å². The molecular weight excluding hydrogens is 238 g/mol. The number of para-hydroxylation sites is 1. The van der Waals surface area contributed by atoms with E-state index in [1.807, 2.05) is 30.3 Å². The normalized spacial score (nSPS) is 24.4. The van der Waals surface area contributed by atoms with Crippen molar-refractivity contribution in [3.05, 3.63) is 30.3 Å². The molecule has 0 radical (unpaired) electrons. The molecule has 1 saturated heterocycles. The summed E-state index contributed by atoms with van der Waals surface area (Å²) in [5.74, 6) is 1.26. The summed E-state index contributed by atoms with van der Waals surface area (Å²) in [5.41, 5.74) is 5.96. The van der Waals surface area contributed by atoms with Crippen LogP contribution in [0.2, 0.25) is 0 Å². The summed E-state index contributed by atoms with van der Waals surface area (Å²) < 4.78 is 28.2. The quantitative estimate of drug-likeness (QED) is 0.865. The molecule has 2 atom stereocenters. The maximum absolute atomic E-state index is 11.3. The number of hydrogen-bond donors (Lipinski definition) is 1. The highest BCUT2D eigenvalue weighted by molar-refractivity contribution is 7.91. The molecule has 1 aromatic rings. The standard InChI is InChI=1S/C12H17NO3S/c13-12(10-6-7-17(14,15)9-10)8-16-11-4-2-1-3-5-11/h1-5,10,12H,6-9,13H2. The zero-order valence-electron chi connectivity index (χ0n) is 9.58. The summed E-state index contributed by atoms with van der Waals surface area (Å²) in [5, 5.41) is 0. The molecule has 1 aromatic carbocycles. The van der Waals surface area contributed by atoms with Gasteiger partial charge in [-0.1, -0.05) is 18.2 Å². The molecule has 0 aromatic heterocycles. The molecular formula is C12H17NO3S. The van der Waals surface area contributed by atoms with Crippen LogP contribution in [-0.2, 0) is 9.84 Å². The first kappa shape index (κ1) is 12.4. The van der Waals surface area contributed by atoms with E-state index in [-0.39, 0.29) is 23.5 Å². The molecule has 1 aliphatic heterocycles. The monoisotopic (exact) mass is 255 g/mol. The van der Waals surface area contributed by atoms with E-state index in [1.54, 1.807) is 0 Å². The van der Waals surface area contributed by atoms with Crippen molar-refractivity contribution >= 4 is 9.84 Å². The Kier molecular flexibility index (Phi) is 3.69.